The van der Waals surface area contributed by atoms with E-state index in [1.54, 1.807) is 0 Å². The van der Waals surface area contributed by atoms with Crippen molar-refractivity contribution in [2.45, 2.75) is 12.5 Å². The second-order valence-electron chi connectivity index (χ2n) is 3.41. The molecule has 4 heteroatoms. The minimum Gasteiger partial charge on any atom is -0.394 e. The first kappa shape index (κ1) is 9.92. The molecule has 0 aromatic carbocycles. The number of rotatable bonds is 3. The van der Waals surface area contributed by atoms with Gasteiger partial charge >= 0.3 is 0 Å². The molecule has 1 aliphatic heterocycles. The van der Waals surface area contributed by atoms with Crippen LogP contribution in [0, 0.1) is 0 Å². The Labute approximate surface area is 72.7 Å². The van der Waals surface area contributed by atoms with Crippen molar-refractivity contribution in [3.63, 3.8) is 0 Å². The van der Waals surface area contributed by atoms with Gasteiger partial charge in [0.1, 0.15) is 0 Å². The third-order valence-electron chi connectivity index (χ3n) is 2.46. The molecule has 1 heterocycles. The molecule has 1 rings (SSSR count). The fraction of sp³-hybridized carbons (Fsp3) is 1.00. The van der Waals surface area contributed by atoms with Crippen LogP contribution in [-0.4, -0.2) is 60.2 Å². The maximum atomic E-state index is 9.10. The van der Waals surface area contributed by atoms with Crippen LogP contribution in [0.15, 0.2) is 0 Å². The molecule has 0 atom stereocenters. The molecule has 0 aliphatic carbocycles. The molecule has 0 spiro atoms. The number of aliphatic hydroxyl groups is 2. The zero-order valence-electron chi connectivity index (χ0n) is 7.49. The lowest BCUT2D eigenvalue weighted by molar-refractivity contribution is -0.0574. The van der Waals surface area contributed by atoms with Crippen molar-refractivity contribution in [3.05, 3.63) is 0 Å². The average molecular weight is 175 g/mol. The van der Waals surface area contributed by atoms with Gasteiger partial charge in [-0.1, -0.05) is 0 Å². The van der Waals surface area contributed by atoms with Gasteiger partial charge in [0.15, 0.2) is 0 Å². The first-order chi connectivity index (χ1) is 5.73. The summed E-state index contributed by atoms with van der Waals surface area (Å²) in [6, 6.07) is 0. The summed E-state index contributed by atoms with van der Waals surface area (Å²) in [4.78, 5) is 2.07. The van der Waals surface area contributed by atoms with E-state index in [9.17, 15) is 0 Å². The van der Waals surface area contributed by atoms with E-state index in [1.807, 2.05) is 6.92 Å². The zero-order chi connectivity index (χ0) is 9.03. The Morgan fingerprint density at radius 2 is 1.75 bits per heavy atom. The fourth-order valence-corrected chi connectivity index (χ4v) is 1.35. The van der Waals surface area contributed by atoms with Gasteiger partial charge in [0.05, 0.1) is 32.0 Å². The zero-order valence-corrected chi connectivity index (χ0v) is 7.49. The maximum absolute atomic E-state index is 9.10. The van der Waals surface area contributed by atoms with Gasteiger partial charge in [0.2, 0.25) is 0 Å². The highest BCUT2D eigenvalue weighted by Gasteiger charge is 2.31. The summed E-state index contributed by atoms with van der Waals surface area (Å²) < 4.78 is 5.18. The summed E-state index contributed by atoms with van der Waals surface area (Å²) in [5, 5.41) is 18.2. The van der Waals surface area contributed by atoms with Crippen molar-refractivity contribution in [1.29, 1.82) is 0 Å². The van der Waals surface area contributed by atoms with E-state index in [0.29, 0.717) is 13.2 Å². The Morgan fingerprint density at radius 1 is 1.25 bits per heavy atom. The minimum absolute atomic E-state index is 0.0104. The fourth-order valence-electron chi connectivity index (χ4n) is 1.35. The lowest BCUT2D eigenvalue weighted by atomic mass is 10.0. The standard InChI is InChI=1S/C8H17NO3/c1-8(6-10,7-11)9-2-4-12-5-3-9/h10-11H,2-7H2,1H3. The quantitative estimate of drug-likeness (QED) is 0.581. The highest BCUT2D eigenvalue weighted by molar-refractivity contribution is 4.86. The van der Waals surface area contributed by atoms with Gasteiger partial charge in [-0.15, -0.1) is 0 Å². The number of ether oxygens (including phenoxy) is 1. The van der Waals surface area contributed by atoms with Gasteiger partial charge in [-0.3, -0.25) is 4.90 Å². The number of aliphatic hydroxyl groups excluding tert-OH is 2. The number of hydrogen-bond acceptors (Lipinski definition) is 4. The van der Waals surface area contributed by atoms with E-state index < -0.39 is 5.54 Å². The van der Waals surface area contributed by atoms with Gasteiger partial charge in [0, 0.05) is 13.1 Å². The third kappa shape index (κ3) is 1.95. The molecule has 0 amide bonds. The van der Waals surface area contributed by atoms with E-state index in [0.717, 1.165) is 13.1 Å². The normalized spacial score (nSPS) is 21.2. The van der Waals surface area contributed by atoms with E-state index in [-0.39, 0.29) is 13.2 Å². The average Bonchev–Trinajstić information content (AvgIpc) is 2.18. The monoisotopic (exact) mass is 175 g/mol. The molecule has 0 radical (unpaired) electrons. The van der Waals surface area contributed by atoms with E-state index >= 15 is 0 Å². The summed E-state index contributed by atoms with van der Waals surface area (Å²) in [7, 11) is 0. The summed E-state index contributed by atoms with van der Waals surface area (Å²) in [6.07, 6.45) is 0. The van der Waals surface area contributed by atoms with E-state index in [1.165, 1.54) is 0 Å². The van der Waals surface area contributed by atoms with Crippen molar-refractivity contribution in [2.24, 2.45) is 0 Å². The molecule has 1 aliphatic rings. The molecule has 0 bridgehead atoms. The predicted octanol–water partition coefficient (Wildman–Crippen LogP) is -0.938. The Kier molecular flexibility index (Phi) is 3.46. The molecule has 0 unspecified atom stereocenters. The van der Waals surface area contributed by atoms with Gasteiger partial charge in [-0.05, 0) is 6.92 Å². The topological polar surface area (TPSA) is 52.9 Å². The van der Waals surface area contributed by atoms with Gasteiger partial charge < -0.3 is 14.9 Å². The second-order valence-corrected chi connectivity index (χ2v) is 3.41. The Morgan fingerprint density at radius 3 is 2.17 bits per heavy atom. The van der Waals surface area contributed by atoms with Gasteiger partial charge in [-0.25, -0.2) is 0 Å². The van der Waals surface area contributed by atoms with E-state index in [2.05, 4.69) is 4.90 Å². The first-order valence-corrected chi connectivity index (χ1v) is 4.27. The van der Waals surface area contributed by atoms with Crippen molar-refractivity contribution >= 4 is 0 Å². The molecule has 1 saturated heterocycles. The molecule has 72 valence electrons. The molecule has 0 saturated carbocycles. The smallest absolute Gasteiger partial charge is 0.0646 e. The van der Waals surface area contributed by atoms with Crippen LogP contribution < -0.4 is 0 Å². The van der Waals surface area contributed by atoms with Crippen LogP contribution in [0.5, 0.6) is 0 Å². The molecule has 1 fully saturated rings. The van der Waals surface area contributed by atoms with Crippen molar-refractivity contribution in [1.82, 2.24) is 4.90 Å². The van der Waals surface area contributed by atoms with Crippen LogP contribution in [0.2, 0.25) is 0 Å². The van der Waals surface area contributed by atoms with Crippen LogP contribution in [0.3, 0.4) is 0 Å². The van der Waals surface area contributed by atoms with Crippen LogP contribution in [0.1, 0.15) is 6.92 Å². The Balaban J connectivity index is 2.51. The SMILES string of the molecule is CC(CO)(CO)N1CCOCC1. The lowest BCUT2D eigenvalue weighted by Gasteiger charge is -2.40. The van der Waals surface area contributed by atoms with Crippen molar-refractivity contribution in [3.8, 4) is 0 Å². The van der Waals surface area contributed by atoms with Gasteiger partial charge in [-0.2, -0.15) is 0 Å². The number of hydrogen-bond donors (Lipinski definition) is 2. The summed E-state index contributed by atoms with van der Waals surface area (Å²) in [5.74, 6) is 0. The molecular formula is C8H17NO3. The largest absolute Gasteiger partial charge is 0.394 e. The summed E-state index contributed by atoms with van der Waals surface area (Å²) >= 11 is 0. The van der Waals surface area contributed by atoms with Crippen LogP contribution in [0.25, 0.3) is 0 Å². The molecule has 12 heavy (non-hydrogen) atoms. The Bertz CT molecular complexity index is 130. The molecular weight excluding hydrogens is 158 g/mol. The summed E-state index contributed by atoms with van der Waals surface area (Å²) in [5.41, 5.74) is -0.482. The van der Waals surface area contributed by atoms with Crippen LogP contribution in [-0.2, 0) is 4.74 Å². The molecule has 4 nitrogen and oxygen atoms in total. The minimum atomic E-state index is -0.482. The summed E-state index contributed by atoms with van der Waals surface area (Å²) in [6.45, 7) is 4.80. The van der Waals surface area contributed by atoms with Crippen molar-refractivity contribution in [2.75, 3.05) is 39.5 Å². The highest BCUT2D eigenvalue weighted by Crippen LogP contribution is 2.14. The first-order valence-electron chi connectivity index (χ1n) is 4.27. The number of morpholine rings is 1. The van der Waals surface area contributed by atoms with Crippen LogP contribution in [0.4, 0.5) is 0 Å². The number of nitrogens with zero attached hydrogens (tertiary/aromatic N) is 1. The second kappa shape index (κ2) is 4.18. The molecule has 0 aromatic rings. The third-order valence-corrected chi connectivity index (χ3v) is 2.46. The van der Waals surface area contributed by atoms with Crippen molar-refractivity contribution < 1.29 is 14.9 Å². The van der Waals surface area contributed by atoms with Crippen LogP contribution >= 0.6 is 0 Å². The van der Waals surface area contributed by atoms with Gasteiger partial charge in [0.25, 0.3) is 0 Å². The predicted molar refractivity (Wildman–Crippen MR) is 45.0 cm³/mol. The Hall–Kier alpha value is -0.160. The maximum Gasteiger partial charge on any atom is 0.0646 e. The molecule has 0 aromatic heterocycles. The lowest BCUT2D eigenvalue weighted by Crippen LogP contribution is -2.56. The van der Waals surface area contributed by atoms with E-state index in [4.69, 9.17) is 14.9 Å². The highest BCUT2D eigenvalue weighted by atomic mass is 16.5. The molecule has 2 N–H and O–H groups in total.